The molecule has 1 heterocycles. The van der Waals surface area contributed by atoms with E-state index in [1.807, 2.05) is 13.8 Å². The number of anilines is 1. The van der Waals surface area contributed by atoms with Crippen molar-refractivity contribution in [3.05, 3.63) is 83.9 Å². The molecule has 0 aliphatic heterocycles. The van der Waals surface area contributed by atoms with Crippen molar-refractivity contribution in [2.45, 2.75) is 26.1 Å². The highest BCUT2D eigenvalue weighted by atomic mass is 19.4. The minimum Gasteiger partial charge on any atom is -0.497 e. The van der Waals surface area contributed by atoms with E-state index in [0.29, 0.717) is 34.1 Å². The Balaban J connectivity index is 1.62. The number of carbonyl (C=O) groups excluding carboxylic acids is 1. The molecule has 1 amide bonds. The zero-order chi connectivity index (χ0) is 25.9. The van der Waals surface area contributed by atoms with Crippen molar-refractivity contribution in [3.63, 3.8) is 0 Å². The Kier molecular flexibility index (Phi) is 6.96. The SMILES string of the molecule is COc1cccc(C(=O)Nc2ccc(-n3nc(OC(C)C)nc3-c3ccc(C(F)(F)F)cc3)cc2)c1. The van der Waals surface area contributed by atoms with Gasteiger partial charge in [-0.25, -0.2) is 4.68 Å². The minimum atomic E-state index is -4.44. The molecule has 0 radical (unpaired) electrons. The van der Waals surface area contributed by atoms with Gasteiger partial charge in [0.15, 0.2) is 5.82 Å². The largest absolute Gasteiger partial charge is 0.497 e. The highest BCUT2D eigenvalue weighted by Gasteiger charge is 2.30. The summed E-state index contributed by atoms with van der Waals surface area (Å²) >= 11 is 0. The van der Waals surface area contributed by atoms with Crippen molar-refractivity contribution >= 4 is 11.6 Å². The van der Waals surface area contributed by atoms with Crippen LogP contribution in [0.2, 0.25) is 0 Å². The first-order valence-corrected chi connectivity index (χ1v) is 11.0. The van der Waals surface area contributed by atoms with E-state index in [1.54, 1.807) is 48.5 Å². The van der Waals surface area contributed by atoms with Gasteiger partial charge in [-0.05, 0) is 68.4 Å². The first-order chi connectivity index (χ1) is 17.1. The number of rotatable bonds is 7. The third kappa shape index (κ3) is 5.65. The molecular weight excluding hydrogens is 473 g/mol. The Morgan fingerprint density at radius 3 is 2.31 bits per heavy atom. The standard InChI is InChI=1S/C26H23F3N4O3/c1-16(2)36-25-31-23(17-7-9-19(10-8-17)26(27,28)29)33(32-25)21-13-11-20(12-14-21)30-24(34)18-5-4-6-22(15-18)35-3/h4-16H,1-3H3,(H,30,34). The van der Waals surface area contributed by atoms with Gasteiger partial charge in [-0.2, -0.15) is 18.2 Å². The number of hydrogen-bond acceptors (Lipinski definition) is 5. The zero-order valence-electron chi connectivity index (χ0n) is 19.7. The Morgan fingerprint density at radius 1 is 1.00 bits per heavy atom. The highest BCUT2D eigenvalue weighted by molar-refractivity contribution is 6.04. The molecule has 0 fully saturated rings. The summed E-state index contributed by atoms with van der Waals surface area (Å²) in [6.07, 6.45) is -4.64. The number of benzene rings is 3. The second kappa shape index (κ2) is 10.1. The van der Waals surface area contributed by atoms with Crippen LogP contribution in [0.5, 0.6) is 11.8 Å². The van der Waals surface area contributed by atoms with Crippen LogP contribution in [0.25, 0.3) is 17.1 Å². The number of alkyl halides is 3. The summed E-state index contributed by atoms with van der Waals surface area (Å²) in [5.74, 6) is 0.576. The minimum absolute atomic E-state index is 0.0929. The summed E-state index contributed by atoms with van der Waals surface area (Å²) < 4.78 is 51.2. The van der Waals surface area contributed by atoms with Crippen molar-refractivity contribution < 1.29 is 27.4 Å². The van der Waals surface area contributed by atoms with Gasteiger partial charge in [0.2, 0.25) is 0 Å². The van der Waals surface area contributed by atoms with Crippen molar-refractivity contribution in [3.8, 4) is 28.8 Å². The molecule has 1 aromatic heterocycles. The average Bonchev–Trinajstić information content (AvgIpc) is 3.27. The molecule has 1 N–H and O–H groups in total. The van der Waals surface area contributed by atoms with Crippen LogP contribution in [-0.4, -0.2) is 33.9 Å². The molecule has 0 atom stereocenters. The lowest BCUT2D eigenvalue weighted by Gasteiger charge is -2.10. The maximum atomic E-state index is 13.0. The van der Waals surface area contributed by atoms with E-state index in [4.69, 9.17) is 9.47 Å². The molecule has 0 bridgehead atoms. The molecule has 7 nitrogen and oxygen atoms in total. The molecule has 0 unspecified atom stereocenters. The molecule has 36 heavy (non-hydrogen) atoms. The summed E-state index contributed by atoms with van der Waals surface area (Å²) in [5.41, 5.74) is 1.24. The number of hydrogen-bond donors (Lipinski definition) is 1. The van der Waals surface area contributed by atoms with Crippen LogP contribution in [-0.2, 0) is 6.18 Å². The molecule has 0 aliphatic rings. The average molecular weight is 496 g/mol. The number of aromatic nitrogens is 3. The monoisotopic (exact) mass is 496 g/mol. The quantitative estimate of drug-likeness (QED) is 0.340. The van der Waals surface area contributed by atoms with Crippen LogP contribution >= 0.6 is 0 Å². The van der Waals surface area contributed by atoms with Gasteiger partial charge in [-0.15, -0.1) is 5.10 Å². The van der Waals surface area contributed by atoms with Crippen molar-refractivity contribution in [1.82, 2.24) is 14.8 Å². The summed E-state index contributed by atoms with van der Waals surface area (Å²) in [4.78, 5) is 17.0. The second-order valence-corrected chi connectivity index (χ2v) is 8.10. The fourth-order valence-corrected chi connectivity index (χ4v) is 3.38. The Morgan fingerprint density at radius 2 is 1.69 bits per heavy atom. The molecule has 3 aromatic carbocycles. The van der Waals surface area contributed by atoms with E-state index in [-0.39, 0.29) is 18.0 Å². The Labute approximate surface area is 205 Å². The number of nitrogens with zero attached hydrogens (tertiary/aromatic N) is 3. The van der Waals surface area contributed by atoms with Gasteiger partial charge in [0, 0.05) is 16.8 Å². The van der Waals surface area contributed by atoms with Crippen LogP contribution in [0.4, 0.5) is 18.9 Å². The lowest BCUT2D eigenvalue weighted by molar-refractivity contribution is -0.137. The summed E-state index contributed by atoms with van der Waals surface area (Å²) in [5, 5.41) is 7.20. The number of amides is 1. The van der Waals surface area contributed by atoms with Crippen molar-refractivity contribution in [2.24, 2.45) is 0 Å². The molecule has 10 heteroatoms. The zero-order valence-corrected chi connectivity index (χ0v) is 19.7. The number of halogens is 3. The molecule has 0 aliphatic carbocycles. The van der Waals surface area contributed by atoms with Crippen LogP contribution in [0.1, 0.15) is 29.8 Å². The normalized spacial score (nSPS) is 11.4. The molecule has 4 rings (SSSR count). The Bertz CT molecular complexity index is 1350. The van der Waals surface area contributed by atoms with Crippen LogP contribution in [0, 0.1) is 0 Å². The number of methoxy groups -OCH3 is 1. The Hall–Kier alpha value is -4.34. The van der Waals surface area contributed by atoms with E-state index in [0.717, 1.165) is 12.1 Å². The smallest absolute Gasteiger partial charge is 0.416 e. The maximum absolute atomic E-state index is 13.0. The van der Waals surface area contributed by atoms with E-state index >= 15 is 0 Å². The lowest BCUT2D eigenvalue weighted by atomic mass is 10.1. The molecule has 0 spiro atoms. The molecule has 186 valence electrons. The number of nitrogens with one attached hydrogen (secondary N) is 1. The molecule has 4 aromatic rings. The van der Waals surface area contributed by atoms with Gasteiger partial charge < -0.3 is 14.8 Å². The number of carbonyl (C=O) groups is 1. The fraction of sp³-hybridized carbons (Fsp3) is 0.192. The second-order valence-electron chi connectivity index (χ2n) is 8.10. The predicted molar refractivity (Wildman–Crippen MR) is 129 cm³/mol. The summed E-state index contributed by atoms with van der Waals surface area (Å²) in [6.45, 7) is 3.64. The molecule has 0 saturated carbocycles. The lowest BCUT2D eigenvalue weighted by Crippen LogP contribution is -2.12. The van der Waals surface area contributed by atoms with E-state index in [1.165, 1.54) is 23.9 Å². The highest BCUT2D eigenvalue weighted by Crippen LogP contribution is 2.32. The van der Waals surface area contributed by atoms with Crippen LogP contribution < -0.4 is 14.8 Å². The first kappa shape index (κ1) is 24.8. The first-order valence-electron chi connectivity index (χ1n) is 11.0. The van der Waals surface area contributed by atoms with E-state index < -0.39 is 11.7 Å². The fourth-order valence-electron chi connectivity index (χ4n) is 3.38. The van der Waals surface area contributed by atoms with Crippen molar-refractivity contribution in [1.29, 1.82) is 0 Å². The van der Waals surface area contributed by atoms with Gasteiger partial charge in [-0.1, -0.05) is 18.2 Å². The third-order valence-electron chi connectivity index (χ3n) is 5.10. The molecular formula is C26H23F3N4O3. The predicted octanol–water partition coefficient (Wildman–Crippen LogP) is 6.00. The third-order valence-corrected chi connectivity index (χ3v) is 5.10. The van der Waals surface area contributed by atoms with Gasteiger partial charge in [0.05, 0.1) is 24.5 Å². The number of ether oxygens (including phenoxy) is 2. The van der Waals surface area contributed by atoms with E-state index in [9.17, 15) is 18.0 Å². The van der Waals surface area contributed by atoms with Crippen LogP contribution in [0.3, 0.4) is 0 Å². The topological polar surface area (TPSA) is 78.3 Å². The summed E-state index contributed by atoms with van der Waals surface area (Å²) in [6, 6.07) is 18.3. The van der Waals surface area contributed by atoms with E-state index in [2.05, 4.69) is 15.4 Å². The molecule has 0 saturated heterocycles. The van der Waals surface area contributed by atoms with Gasteiger partial charge in [0.25, 0.3) is 5.91 Å². The van der Waals surface area contributed by atoms with Gasteiger partial charge in [0.1, 0.15) is 5.75 Å². The summed E-state index contributed by atoms with van der Waals surface area (Å²) in [7, 11) is 1.52. The van der Waals surface area contributed by atoms with Crippen LogP contribution in [0.15, 0.2) is 72.8 Å². The van der Waals surface area contributed by atoms with Crippen molar-refractivity contribution in [2.75, 3.05) is 12.4 Å². The van der Waals surface area contributed by atoms with Gasteiger partial charge in [-0.3, -0.25) is 4.79 Å². The maximum Gasteiger partial charge on any atom is 0.416 e. The van der Waals surface area contributed by atoms with Gasteiger partial charge >= 0.3 is 12.2 Å².